The first-order chi connectivity index (χ1) is 12.6. The molecule has 0 aromatic heterocycles. The van der Waals surface area contributed by atoms with Gasteiger partial charge in [-0.05, 0) is 18.2 Å². The van der Waals surface area contributed by atoms with Crippen LogP contribution in [0, 0.1) is 10.1 Å². The molecular formula is C16H10ClF3N2O5. The summed E-state index contributed by atoms with van der Waals surface area (Å²) < 4.78 is 43.8. The third-order valence-electron chi connectivity index (χ3n) is 3.22. The number of anilines is 1. The molecular weight excluding hydrogens is 393 g/mol. The molecule has 0 spiro atoms. The molecule has 0 unspecified atom stereocenters. The fourth-order valence-electron chi connectivity index (χ4n) is 2.01. The van der Waals surface area contributed by atoms with E-state index in [9.17, 15) is 32.9 Å². The van der Waals surface area contributed by atoms with Crippen LogP contribution in [0.1, 0.15) is 15.9 Å². The van der Waals surface area contributed by atoms with E-state index in [1.54, 1.807) is 6.07 Å². The number of alkyl halides is 3. The molecule has 7 nitrogen and oxygen atoms in total. The third-order valence-corrected chi connectivity index (χ3v) is 3.55. The summed E-state index contributed by atoms with van der Waals surface area (Å²) >= 11 is 5.79. The molecule has 0 radical (unpaired) electrons. The molecule has 1 N–H and O–H groups in total. The van der Waals surface area contributed by atoms with Crippen molar-refractivity contribution in [2.45, 2.75) is 6.18 Å². The van der Waals surface area contributed by atoms with Gasteiger partial charge in [0.25, 0.3) is 11.6 Å². The van der Waals surface area contributed by atoms with E-state index in [1.165, 1.54) is 18.2 Å². The molecule has 0 atom stereocenters. The second-order valence-electron chi connectivity index (χ2n) is 5.09. The van der Waals surface area contributed by atoms with Gasteiger partial charge in [-0.2, -0.15) is 13.2 Å². The first-order valence-electron chi connectivity index (χ1n) is 7.16. The van der Waals surface area contributed by atoms with Gasteiger partial charge in [0.05, 0.1) is 26.8 Å². The van der Waals surface area contributed by atoms with Crippen LogP contribution in [-0.2, 0) is 15.7 Å². The number of nitro groups is 1. The van der Waals surface area contributed by atoms with E-state index in [0.717, 1.165) is 12.1 Å². The van der Waals surface area contributed by atoms with E-state index in [-0.39, 0.29) is 10.6 Å². The Morgan fingerprint density at radius 2 is 1.85 bits per heavy atom. The Kier molecular flexibility index (Phi) is 6.01. The number of nitrogens with one attached hydrogen (secondary N) is 1. The average molecular weight is 403 g/mol. The van der Waals surface area contributed by atoms with Crippen LogP contribution < -0.4 is 5.32 Å². The number of non-ortho nitro benzene ring substituents is 1. The quantitative estimate of drug-likeness (QED) is 0.462. The summed E-state index contributed by atoms with van der Waals surface area (Å²) in [5.41, 5.74) is -2.90. The molecule has 27 heavy (non-hydrogen) atoms. The molecule has 2 rings (SSSR count). The predicted octanol–water partition coefficient (Wildman–Crippen LogP) is 4.06. The highest BCUT2D eigenvalue weighted by Gasteiger charge is 2.35. The number of carbonyl (C=O) groups is 2. The molecule has 0 aliphatic carbocycles. The van der Waals surface area contributed by atoms with Crippen molar-refractivity contribution < 1.29 is 32.4 Å². The molecule has 2 aromatic carbocycles. The number of esters is 1. The van der Waals surface area contributed by atoms with Crippen LogP contribution in [-0.4, -0.2) is 23.4 Å². The number of rotatable bonds is 5. The zero-order valence-electron chi connectivity index (χ0n) is 13.2. The zero-order valence-corrected chi connectivity index (χ0v) is 14.0. The van der Waals surface area contributed by atoms with Crippen LogP contribution in [0.25, 0.3) is 0 Å². The summed E-state index contributed by atoms with van der Waals surface area (Å²) in [5, 5.41) is 12.6. The maximum Gasteiger partial charge on any atom is 0.418 e. The summed E-state index contributed by atoms with van der Waals surface area (Å²) in [6, 6.07) is 7.69. The topological polar surface area (TPSA) is 98.5 Å². The van der Waals surface area contributed by atoms with Gasteiger partial charge >= 0.3 is 12.1 Å². The SMILES string of the molecule is O=C(COC(=O)c1ccccc1Cl)Nc1ccc([N+](=O)[O-])cc1C(F)(F)F. The number of carbonyl (C=O) groups excluding carboxylic acids is 2. The van der Waals surface area contributed by atoms with Crippen molar-refractivity contribution >= 4 is 34.9 Å². The van der Waals surface area contributed by atoms with Crippen molar-refractivity contribution in [3.8, 4) is 0 Å². The summed E-state index contributed by atoms with van der Waals surface area (Å²) in [4.78, 5) is 33.3. The Labute approximate surface area is 154 Å². The molecule has 0 fully saturated rings. The van der Waals surface area contributed by atoms with E-state index in [2.05, 4.69) is 0 Å². The van der Waals surface area contributed by atoms with Gasteiger partial charge in [0.1, 0.15) is 0 Å². The minimum Gasteiger partial charge on any atom is -0.452 e. The van der Waals surface area contributed by atoms with Gasteiger partial charge < -0.3 is 10.1 Å². The van der Waals surface area contributed by atoms with Crippen molar-refractivity contribution in [2.75, 3.05) is 11.9 Å². The van der Waals surface area contributed by atoms with E-state index in [4.69, 9.17) is 16.3 Å². The lowest BCUT2D eigenvalue weighted by atomic mass is 10.1. The van der Waals surface area contributed by atoms with Gasteiger partial charge in [0.15, 0.2) is 6.61 Å². The molecule has 0 heterocycles. The minimum absolute atomic E-state index is 0.0155. The highest BCUT2D eigenvalue weighted by Crippen LogP contribution is 2.37. The smallest absolute Gasteiger partial charge is 0.418 e. The van der Waals surface area contributed by atoms with Crippen molar-refractivity contribution in [1.29, 1.82) is 0 Å². The van der Waals surface area contributed by atoms with Crippen LogP contribution in [0.5, 0.6) is 0 Å². The number of hydrogen-bond donors (Lipinski definition) is 1. The second-order valence-corrected chi connectivity index (χ2v) is 5.50. The Balaban J connectivity index is 2.10. The number of nitrogens with zero attached hydrogens (tertiary/aromatic N) is 1. The van der Waals surface area contributed by atoms with Crippen LogP contribution >= 0.6 is 11.6 Å². The van der Waals surface area contributed by atoms with Crippen LogP contribution in [0.15, 0.2) is 42.5 Å². The van der Waals surface area contributed by atoms with Crippen LogP contribution in [0.4, 0.5) is 24.5 Å². The largest absolute Gasteiger partial charge is 0.452 e. The van der Waals surface area contributed by atoms with Crippen molar-refractivity contribution in [1.82, 2.24) is 0 Å². The number of nitro benzene ring substituents is 1. The Bertz CT molecular complexity index is 902. The third kappa shape index (κ3) is 5.17. The maximum absolute atomic E-state index is 13.0. The van der Waals surface area contributed by atoms with E-state index >= 15 is 0 Å². The summed E-state index contributed by atoms with van der Waals surface area (Å²) in [5.74, 6) is -2.00. The predicted molar refractivity (Wildman–Crippen MR) is 88.5 cm³/mol. The first kappa shape index (κ1) is 20.2. The van der Waals surface area contributed by atoms with Crippen molar-refractivity contribution in [2.24, 2.45) is 0 Å². The highest BCUT2D eigenvalue weighted by atomic mass is 35.5. The van der Waals surface area contributed by atoms with Crippen molar-refractivity contribution in [3.63, 3.8) is 0 Å². The number of amides is 1. The molecule has 142 valence electrons. The molecule has 0 bridgehead atoms. The molecule has 0 aliphatic rings. The van der Waals surface area contributed by atoms with E-state index in [0.29, 0.717) is 6.07 Å². The lowest BCUT2D eigenvalue weighted by molar-refractivity contribution is -0.385. The first-order valence-corrected chi connectivity index (χ1v) is 7.54. The number of ether oxygens (including phenoxy) is 1. The van der Waals surface area contributed by atoms with Gasteiger partial charge in [-0.1, -0.05) is 23.7 Å². The second kappa shape index (κ2) is 8.04. The van der Waals surface area contributed by atoms with Gasteiger partial charge in [0, 0.05) is 12.1 Å². The minimum atomic E-state index is -4.94. The van der Waals surface area contributed by atoms with Crippen molar-refractivity contribution in [3.05, 3.63) is 68.7 Å². The number of halogens is 4. The molecule has 11 heteroatoms. The van der Waals surface area contributed by atoms with Gasteiger partial charge in [0.2, 0.25) is 0 Å². The summed E-state index contributed by atoms with van der Waals surface area (Å²) in [7, 11) is 0. The Morgan fingerprint density at radius 1 is 1.19 bits per heavy atom. The monoisotopic (exact) mass is 402 g/mol. The normalized spacial score (nSPS) is 11.0. The van der Waals surface area contributed by atoms with Crippen LogP contribution in [0.3, 0.4) is 0 Å². The van der Waals surface area contributed by atoms with Gasteiger partial charge in [-0.15, -0.1) is 0 Å². The standard InChI is InChI=1S/C16H10ClF3N2O5/c17-12-4-2-1-3-10(12)15(24)27-8-14(23)21-13-6-5-9(22(25)26)7-11(13)16(18,19)20/h1-7H,8H2,(H,21,23). The molecule has 0 aliphatic heterocycles. The van der Waals surface area contributed by atoms with E-state index in [1.807, 2.05) is 5.32 Å². The lowest BCUT2D eigenvalue weighted by Gasteiger charge is -2.13. The Morgan fingerprint density at radius 3 is 2.44 bits per heavy atom. The number of hydrogen-bond acceptors (Lipinski definition) is 5. The molecule has 2 aromatic rings. The number of benzene rings is 2. The van der Waals surface area contributed by atoms with Gasteiger partial charge in [-0.25, -0.2) is 4.79 Å². The van der Waals surface area contributed by atoms with E-state index < -0.39 is 46.5 Å². The van der Waals surface area contributed by atoms with Gasteiger partial charge in [-0.3, -0.25) is 14.9 Å². The van der Waals surface area contributed by atoms with Crippen LogP contribution in [0.2, 0.25) is 5.02 Å². The summed E-state index contributed by atoms with van der Waals surface area (Å²) in [6.45, 7) is -0.877. The molecule has 0 saturated heterocycles. The lowest BCUT2D eigenvalue weighted by Crippen LogP contribution is -2.23. The molecule has 1 amide bonds. The zero-order chi connectivity index (χ0) is 20.2. The molecule has 0 saturated carbocycles. The summed E-state index contributed by atoms with van der Waals surface area (Å²) in [6.07, 6.45) is -4.94. The fourth-order valence-corrected chi connectivity index (χ4v) is 2.22. The maximum atomic E-state index is 13.0. The Hall–Kier alpha value is -3.14. The highest BCUT2D eigenvalue weighted by molar-refractivity contribution is 6.33. The fraction of sp³-hybridized carbons (Fsp3) is 0.125. The average Bonchev–Trinajstić information content (AvgIpc) is 2.59.